The minimum atomic E-state index is 0.280. The van der Waals surface area contributed by atoms with Crippen molar-refractivity contribution < 1.29 is 4.79 Å². The third-order valence-electron chi connectivity index (χ3n) is 4.33. The fourth-order valence-electron chi connectivity index (χ4n) is 2.97. The molecule has 1 fully saturated rings. The Hall–Kier alpha value is -1.94. The molecule has 4 heteroatoms. The zero-order chi connectivity index (χ0) is 16.8. The number of nitrogens with zero attached hydrogens (tertiary/aromatic N) is 2. The van der Waals surface area contributed by atoms with Crippen LogP contribution in [0.3, 0.4) is 0 Å². The van der Waals surface area contributed by atoms with Crippen molar-refractivity contribution in [1.29, 1.82) is 0 Å². The van der Waals surface area contributed by atoms with Crippen LogP contribution in [0.25, 0.3) is 0 Å². The second kappa shape index (κ2) is 8.25. The second-order valence-electron chi connectivity index (χ2n) is 6.12. The molecule has 3 rings (SSSR count). The number of hydrogen-bond acceptors (Lipinski definition) is 3. The lowest BCUT2D eigenvalue weighted by molar-refractivity contribution is -0.131. The summed E-state index contributed by atoms with van der Waals surface area (Å²) in [5, 5.41) is 0. The maximum absolute atomic E-state index is 12.4. The number of amides is 1. The Labute approximate surface area is 148 Å². The van der Waals surface area contributed by atoms with Gasteiger partial charge in [0.15, 0.2) is 0 Å². The fourth-order valence-corrected chi connectivity index (χ4v) is 3.83. The first-order valence-electron chi connectivity index (χ1n) is 8.49. The van der Waals surface area contributed by atoms with E-state index in [-0.39, 0.29) is 5.91 Å². The van der Waals surface area contributed by atoms with Gasteiger partial charge in [-0.2, -0.15) is 0 Å². The predicted molar refractivity (Wildman–Crippen MR) is 102 cm³/mol. The van der Waals surface area contributed by atoms with Crippen LogP contribution in [0.4, 0.5) is 5.69 Å². The summed E-state index contributed by atoms with van der Waals surface area (Å²) in [6, 6.07) is 18.9. The van der Waals surface area contributed by atoms with E-state index >= 15 is 0 Å². The van der Waals surface area contributed by atoms with Crippen LogP contribution in [0, 0.1) is 6.92 Å². The van der Waals surface area contributed by atoms with Crippen molar-refractivity contribution in [3.63, 3.8) is 0 Å². The van der Waals surface area contributed by atoms with Gasteiger partial charge in [-0.25, -0.2) is 0 Å². The highest BCUT2D eigenvalue weighted by Crippen LogP contribution is 2.20. The normalized spacial score (nSPS) is 14.7. The maximum atomic E-state index is 12.4. The van der Waals surface area contributed by atoms with Gasteiger partial charge in [-0.15, -0.1) is 11.8 Å². The summed E-state index contributed by atoms with van der Waals surface area (Å²) in [4.78, 5) is 18.0. The Morgan fingerprint density at radius 2 is 1.75 bits per heavy atom. The highest BCUT2D eigenvalue weighted by molar-refractivity contribution is 7.99. The first-order chi connectivity index (χ1) is 11.7. The standard InChI is InChI=1S/C20H24N2OS/c1-17-6-5-7-18(16-17)21-11-13-22(14-12-21)20(23)10-15-24-19-8-3-2-4-9-19/h2-9,16H,10-15H2,1H3. The maximum Gasteiger partial charge on any atom is 0.223 e. The van der Waals surface area contributed by atoms with Gasteiger partial charge < -0.3 is 9.80 Å². The predicted octanol–water partition coefficient (Wildman–Crippen LogP) is 3.83. The number of benzene rings is 2. The SMILES string of the molecule is Cc1cccc(N2CCN(C(=O)CCSc3ccccc3)CC2)c1. The topological polar surface area (TPSA) is 23.6 Å². The number of anilines is 1. The number of carbonyl (C=O) groups excluding carboxylic acids is 1. The Balaban J connectivity index is 1.43. The van der Waals surface area contributed by atoms with Gasteiger partial charge in [-0.05, 0) is 36.8 Å². The molecule has 0 unspecified atom stereocenters. The fraction of sp³-hybridized carbons (Fsp3) is 0.350. The van der Waals surface area contributed by atoms with Gasteiger partial charge >= 0.3 is 0 Å². The van der Waals surface area contributed by atoms with Crippen LogP contribution in [0.2, 0.25) is 0 Å². The van der Waals surface area contributed by atoms with Gasteiger partial charge in [0.1, 0.15) is 0 Å². The highest BCUT2D eigenvalue weighted by Gasteiger charge is 2.20. The van der Waals surface area contributed by atoms with Crippen LogP contribution in [-0.4, -0.2) is 42.7 Å². The van der Waals surface area contributed by atoms with E-state index < -0.39 is 0 Å². The lowest BCUT2D eigenvalue weighted by atomic mass is 10.2. The van der Waals surface area contributed by atoms with Crippen LogP contribution in [0.15, 0.2) is 59.5 Å². The molecule has 0 spiro atoms. The molecule has 0 aliphatic carbocycles. The van der Waals surface area contributed by atoms with Crippen LogP contribution in [0.5, 0.6) is 0 Å². The summed E-state index contributed by atoms with van der Waals surface area (Å²) in [6.07, 6.45) is 0.615. The van der Waals surface area contributed by atoms with E-state index in [9.17, 15) is 4.79 Å². The number of rotatable bonds is 5. The average Bonchev–Trinajstić information content (AvgIpc) is 2.63. The Morgan fingerprint density at radius 3 is 2.46 bits per heavy atom. The summed E-state index contributed by atoms with van der Waals surface area (Å²) < 4.78 is 0. The van der Waals surface area contributed by atoms with Crippen LogP contribution in [-0.2, 0) is 4.79 Å². The lowest BCUT2D eigenvalue weighted by Crippen LogP contribution is -2.48. The molecule has 0 saturated carbocycles. The van der Waals surface area contributed by atoms with E-state index in [1.54, 1.807) is 11.8 Å². The van der Waals surface area contributed by atoms with E-state index in [4.69, 9.17) is 0 Å². The van der Waals surface area contributed by atoms with Gasteiger partial charge in [-0.1, -0.05) is 30.3 Å². The average molecular weight is 340 g/mol. The van der Waals surface area contributed by atoms with E-state index in [1.807, 2.05) is 23.1 Å². The van der Waals surface area contributed by atoms with Crippen LogP contribution >= 0.6 is 11.8 Å². The molecule has 126 valence electrons. The number of carbonyl (C=O) groups is 1. The number of piperazine rings is 1. The summed E-state index contributed by atoms with van der Waals surface area (Å²) in [7, 11) is 0. The van der Waals surface area contributed by atoms with Gasteiger partial charge in [0.05, 0.1) is 0 Å². The van der Waals surface area contributed by atoms with Crippen molar-refractivity contribution in [2.45, 2.75) is 18.2 Å². The van der Waals surface area contributed by atoms with E-state index in [0.29, 0.717) is 6.42 Å². The van der Waals surface area contributed by atoms with Crippen molar-refractivity contribution in [3.05, 3.63) is 60.2 Å². The minimum Gasteiger partial charge on any atom is -0.368 e. The Kier molecular flexibility index (Phi) is 5.81. The summed E-state index contributed by atoms with van der Waals surface area (Å²) in [5.41, 5.74) is 2.55. The molecule has 1 aliphatic rings. The van der Waals surface area contributed by atoms with Crippen LogP contribution < -0.4 is 4.90 Å². The highest BCUT2D eigenvalue weighted by atomic mass is 32.2. The van der Waals surface area contributed by atoms with E-state index in [2.05, 4.69) is 48.2 Å². The number of thioether (sulfide) groups is 1. The molecular weight excluding hydrogens is 316 g/mol. The minimum absolute atomic E-state index is 0.280. The molecule has 0 radical (unpaired) electrons. The monoisotopic (exact) mass is 340 g/mol. The van der Waals surface area contributed by atoms with Crippen LogP contribution in [0.1, 0.15) is 12.0 Å². The molecule has 1 amide bonds. The Morgan fingerprint density at radius 1 is 1.00 bits per heavy atom. The largest absolute Gasteiger partial charge is 0.368 e. The van der Waals surface area contributed by atoms with E-state index in [0.717, 1.165) is 31.9 Å². The Bertz CT molecular complexity index is 666. The first kappa shape index (κ1) is 16.9. The zero-order valence-corrected chi connectivity index (χ0v) is 15.0. The van der Waals surface area contributed by atoms with Gasteiger partial charge in [-0.3, -0.25) is 4.79 Å². The molecule has 0 N–H and O–H groups in total. The van der Waals surface area contributed by atoms with Crippen molar-refractivity contribution in [2.75, 3.05) is 36.8 Å². The molecule has 1 heterocycles. The lowest BCUT2D eigenvalue weighted by Gasteiger charge is -2.36. The van der Waals surface area contributed by atoms with Crippen molar-refractivity contribution >= 4 is 23.4 Å². The number of aryl methyl sites for hydroxylation is 1. The molecular formula is C20H24N2OS. The molecule has 3 nitrogen and oxygen atoms in total. The quantitative estimate of drug-likeness (QED) is 0.773. The van der Waals surface area contributed by atoms with E-state index in [1.165, 1.54) is 16.1 Å². The molecule has 0 aromatic heterocycles. The molecule has 24 heavy (non-hydrogen) atoms. The first-order valence-corrected chi connectivity index (χ1v) is 9.48. The van der Waals surface area contributed by atoms with Crippen molar-refractivity contribution in [2.24, 2.45) is 0 Å². The molecule has 1 saturated heterocycles. The molecule has 0 atom stereocenters. The van der Waals surface area contributed by atoms with Crippen molar-refractivity contribution in [1.82, 2.24) is 4.90 Å². The summed E-state index contributed by atoms with van der Waals surface area (Å²) in [5.74, 6) is 1.13. The molecule has 1 aliphatic heterocycles. The smallest absolute Gasteiger partial charge is 0.223 e. The molecule has 2 aromatic carbocycles. The second-order valence-corrected chi connectivity index (χ2v) is 7.29. The third-order valence-corrected chi connectivity index (χ3v) is 5.34. The third kappa shape index (κ3) is 4.54. The van der Waals surface area contributed by atoms with Gasteiger partial charge in [0.25, 0.3) is 0 Å². The zero-order valence-electron chi connectivity index (χ0n) is 14.1. The summed E-state index contributed by atoms with van der Waals surface area (Å²) >= 11 is 1.75. The van der Waals surface area contributed by atoms with Gasteiger partial charge in [0, 0.05) is 48.9 Å². The molecule has 0 bridgehead atoms. The number of hydrogen-bond donors (Lipinski definition) is 0. The van der Waals surface area contributed by atoms with Crippen molar-refractivity contribution in [3.8, 4) is 0 Å². The summed E-state index contributed by atoms with van der Waals surface area (Å²) in [6.45, 7) is 5.60. The van der Waals surface area contributed by atoms with Gasteiger partial charge in [0.2, 0.25) is 5.91 Å². The molecule has 2 aromatic rings.